The van der Waals surface area contributed by atoms with Gasteiger partial charge in [-0.15, -0.1) is 0 Å². The number of nitrogens with zero attached hydrogens (tertiary/aromatic N) is 3. The summed E-state index contributed by atoms with van der Waals surface area (Å²) in [6.07, 6.45) is 1.79. The number of anilines is 1. The molecule has 0 saturated heterocycles. The van der Waals surface area contributed by atoms with Gasteiger partial charge in [0.25, 0.3) is 5.56 Å². The first-order valence-electron chi connectivity index (χ1n) is 9.71. The highest BCUT2D eigenvalue weighted by Gasteiger charge is 2.47. The minimum Gasteiger partial charge on any atom is -0.458 e. The smallest absolute Gasteiger partial charge is 0.343 e. The third-order valence-corrected chi connectivity index (χ3v) is 6.05. The zero-order chi connectivity index (χ0) is 21.2. The summed E-state index contributed by atoms with van der Waals surface area (Å²) in [7, 11) is 1.69. The second kappa shape index (κ2) is 6.24. The molecule has 1 atom stereocenters. The molecule has 5 rings (SSSR count). The molecule has 0 radical (unpaired) electrons. The number of aromatic nitrogens is 2. The van der Waals surface area contributed by atoms with Crippen molar-refractivity contribution in [2.24, 2.45) is 4.99 Å². The van der Waals surface area contributed by atoms with Gasteiger partial charge in [-0.05, 0) is 12.5 Å². The van der Waals surface area contributed by atoms with Crippen molar-refractivity contribution >= 4 is 28.8 Å². The van der Waals surface area contributed by atoms with Crippen molar-refractivity contribution in [3.05, 3.63) is 56.9 Å². The maximum atomic E-state index is 13.3. The molecule has 0 saturated carbocycles. The fourth-order valence-corrected chi connectivity index (χ4v) is 4.56. The molecule has 0 fully saturated rings. The quantitative estimate of drug-likeness (QED) is 0.388. The van der Waals surface area contributed by atoms with Gasteiger partial charge in [0.1, 0.15) is 6.61 Å². The van der Waals surface area contributed by atoms with E-state index < -0.39 is 11.6 Å². The molecule has 2 aromatic heterocycles. The highest BCUT2D eigenvalue weighted by Crippen LogP contribution is 2.44. The summed E-state index contributed by atoms with van der Waals surface area (Å²) in [6, 6.07) is 7.66. The molecule has 0 spiro atoms. The van der Waals surface area contributed by atoms with E-state index in [9.17, 15) is 14.7 Å². The average Bonchev–Trinajstić information content (AvgIpc) is 3.13. The summed E-state index contributed by atoms with van der Waals surface area (Å²) in [5.41, 5.74) is 8.20. The SMILES string of the molecule is CC[C@@]1(O)C(=O)OCc2c1c(N)c1n(c2=O)Cc2c-1nc1ccccc1c2C=NC. The van der Waals surface area contributed by atoms with Crippen LogP contribution in [0.2, 0.25) is 0 Å². The lowest BCUT2D eigenvalue weighted by Crippen LogP contribution is -2.45. The van der Waals surface area contributed by atoms with Crippen molar-refractivity contribution in [1.29, 1.82) is 0 Å². The molecular weight excluding hydrogens is 384 g/mol. The molecule has 0 unspecified atom stereocenters. The summed E-state index contributed by atoms with van der Waals surface area (Å²) in [4.78, 5) is 34.7. The van der Waals surface area contributed by atoms with Gasteiger partial charge in [-0.3, -0.25) is 9.79 Å². The summed E-state index contributed by atoms with van der Waals surface area (Å²) in [5, 5.41) is 12.0. The Morgan fingerprint density at radius 3 is 2.83 bits per heavy atom. The van der Waals surface area contributed by atoms with E-state index in [1.165, 1.54) is 0 Å². The molecular formula is C22H20N4O4. The van der Waals surface area contributed by atoms with Gasteiger partial charge in [0.15, 0.2) is 5.60 Å². The van der Waals surface area contributed by atoms with E-state index >= 15 is 0 Å². The van der Waals surface area contributed by atoms with Crippen molar-refractivity contribution in [2.75, 3.05) is 12.8 Å². The Morgan fingerprint density at radius 2 is 2.10 bits per heavy atom. The first-order chi connectivity index (χ1) is 14.4. The van der Waals surface area contributed by atoms with Gasteiger partial charge in [-0.2, -0.15) is 0 Å². The summed E-state index contributed by atoms with van der Waals surface area (Å²) < 4.78 is 6.66. The number of fused-ring (bicyclic) bond motifs is 5. The van der Waals surface area contributed by atoms with Crippen LogP contribution in [0, 0.1) is 0 Å². The van der Waals surface area contributed by atoms with Crippen LogP contribution in [0.5, 0.6) is 0 Å². The highest BCUT2D eigenvalue weighted by molar-refractivity contribution is 6.03. The Balaban J connectivity index is 1.91. The van der Waals surface area contributed by atoms with Crippen LogP contribution in [0.15, 0.2) is 34.1 Å². The van der Waals surface area contributed by atoms with Crippen molar-refractivity contribution in [2.45, 2.75) is 32.1 Å². The molecule has 1 aromatic carbocycles. The maximum absolute atomic E-state index is 13.3. The number of hydrogen-bond donors (Lipinski definition) is 2. The molecule has 8 nitrogen and oxygen atoms in total. The van der Waals surface area contributed by atoms with Gasteiger partial charge in [0.2, 0.25) is 0 Å². The number of esters is 1. The Hall–Kier alpha value is -3.52. The van der Waals surface area contributed by atoms with Gasteiger partial charge in [-0.25, -0.2) is 9.78 Å². The molecule has 4 heterocycles. The molecule has 30 heavy (non-hydrogen) atoms. The number of pyridine rings is 2. The number of hydrogen-bond acceptors (Lipinski definition) is 7. The second-order valence-electron chi connectivity index (χ2n) is 7.55. The minimum atomic E-state index is -1.96. The van der Waals surface area contributed by atoms with Crippen LogP contribution in [0.4, 0.5) is 5.69 Å². The van der Waals surface area contributed by atoms with E-state index in [0.717, 1.165) is 22.0 Å². The van der Waals surface area contributed by atoms with Crippen LogP contribution in [0.25, 0.3) is 22.3 Å². The number of carbonyl (C=O) groups is 1. The number of ether oxygens (including phenoxy) is 1. The van der Waals surface area contributed by atoms with Gasteiger partial charge >= 0.3 is 5.97 Å². The molecule has 8 heteroatoms. The van der Waals surface area contributed by atoms with Gasteiger partial charge in [0.05, 0.1) is 34.7 Å². The highest BCUT2D eigenvalue weighted by atomic mass is 16.6. The standard InChI is InChI=1S/C22H20N4O4/c1-3-22(29)16-14(10-30-21(22)28)20(27)26-9-13-12(8-24-2)11-6-4-5-7-15(11)25-18(13)19(26)17(16)23/h4-8,29H,3,9-10,23H2,1-2H3/t22-/m0/s1. The summed E-state index contributed by atoms with van der Waals surface area (Å²) >= 11 is 0. The zero-order valence-electron chi connectivity index (χ0n) is 16.6. The third kappa shape index (κ3) is 2.19. The molecule has 2 aliphatic rings. The average molecular weight is 404 g/mol. The molecule has 2 aliphatic heterocycles. The molecule has 152 valence electrons. The normalized spacial score (nSPS) is 19.6. The topological polar surface area (TPSA) is 120 Å². The van der Waals surface area contributed by atoms with Gasteiger partial charge in [0, 0.05) is 35.3 Å². The van der Waals surface area contributed by atoms with E-state index in [0.29, 0.717) is 11.4 Å². The van der Waals surface area contributed by atoms with E-state index in [2.05, 4.69) is 4.99 Å². The number of benzene rings is 1. The molecule has 0 bridgehead atoms. The number of nitrogen functional groups attached to an aromatic ring is 1. The van der Waals surface area contributed by atoms with Crippen LogP contribution in [0.1, 0.15) is 35.6 Å². The molecule has 0 aliphatic carbocycles. The minimum absolute atomic E-state index is 0.0394. The van der Waals surface area contributed by atoms with Crippen molar-refractivity contribution in [3.8, 4) is 11.4 Å². The van der Waals surface area contributed by atoms with E-state index in [1.54, 1.807) is 24.8 Å². The largest absolute Gasteiger partial charge is 0.458 e. The van der Waals surface area contributed by atoms with Crippen LogP contribution in [0.3, 0.4) is 0 Å². The van der Waals surface area contributed by atoms with Crippen LogP contribution in [-0.2, 0) is 28.3 Å². The maximum Gasteiger partial charge on any atom is 0.343 e. The molecule has 3 aromatic rings. The fourth-order valence-electron chi connectivity index (χ4n) is 4.56. The first kappa shape index (κ1) is 18.5. The lowest BCUT2D eigenvalue weighted by Gasteiger charge is -2.33. The Labute approximate surface area is 171 Å². The Kier molecular flexibility index (Phi) is 3.85. The number of aliphatic imine (C=N–C) groups is 1. The van der Waals surface area contributed by atoms with Gasteiger partial charge in [-0.1, -0.05) is 25.1 Å². The van der Waals surface area contributed by atoms with E-state index in [1.807, 2.05) is 24.3 Å². The van der Waals surface area contributed by atoms with Crippen molar-refractivity contribution < 1.29 is 14.6 Å². The number of carbonyl (C=O) groups excluding carboxylic acids is 1. The van der Waals surface area contributed by atoms with Crippen molar-refractivity contribution in [3.63, 3.8) is 0 Å². The van der Waals surface area contributed by atoms with Crippen LogP contribution in [-0.4, -0.2) is 33.9 Å². The zero-order valence-corrected chi connectivity index (χ0v) is 16.6. The number of aliphatic hydroxyl groups is 1. The Morgan fingerprint density at radius 1 is 1.33 bits per heavy atom. The first-order valence-corrected chi connectivity index (χ1v) is 9.71. The third-order valence-electron chi connectivity index (χ3n) is 6.05. The van der Waals surface area contributed by atoms with Crippen molar-refractivity contribution in [1.82, 2.24) is 9.55 Å². The Bertz CT molecular complexity index is 1340. The number of cyclic esters (lactones) is 1. The summed E-state index contributed by atoms with van der Waals surface area (Å²) in [5.74, 6) is -0.794. The van der Waals surface area contributed by atoms with Crippen LogP contribution < -0.4 is 11.3 Å². The lowest BCUT2D eigenvalue weighted by molar-refractivity contribution is -0.172. The van der Waals surface area contributed by atoms with E-state index in [4.69, 9.17) is 15.5 Å². The predicted octanol–water partition coefficient (Wildman–Crippen LogP) is 1.71. The number of nitrogens with two attached hydrogens (primary N) is 1. The molecule has 3 N–H and O–H groups in total. The second-order valence-corrected chi connectivity index (χ2v) is 7.55. The van der Waals surface area contributed by atoms with Gasteiger partial charge < -0.3 is 20.1 Å². The number of para-hydroxylation sites is 1. The molecule has 0 amide bonds. The monoisotopic (exact) mass is 404 g/mol. The fraction of sp³-hybridized carbons (Fsp3) is 0.273. The van der Waals surface area contributed by atoms with Crippen LogP contribution >= 0.6 is 0 Å². The van der Waals surface area contributed by atoms with E-state index in [-0.39, 0.29) is 41.9 Å². The lowest BCUT2D eigenvalue weighted by atomic mass is 9.84. The number of rotatable bonds is 2. The predicted molar refractivity (Wildman–Crippen MR) is 112 cm³/mol. The summed E-state index contributed by atoms with van der Waals surface area (Å²) in [6.45, 7) is 1.71.